The second kappa shape index (κ2) is 12.1. The van der Waals surface area contributed by atoms with Gasteiger partial charge in [0, 0.05) is 6.42 Å². The number of allylic oxidation sites excluding steroid dienone is 4. The SMILES string of the molecule is O=C(O)CCC/C=C\C[C@@H]1[C@H](CCSCCC=CC2CCCC2)[C@@H]2CC[C@H]1O2. The molecule has 2 aliphatic heterocycles. The van der Waals surface area contributed by atoms with Crippen molar-refractivity contribution in [2.75, 3.05) is 11.5 Å². The summed E-state index contributed by atoms with van der Waals surface area (Å²) in [5.74, 6) is 4.09. The van der Waals surface area contributed by atoms with Crippen LogP contribution in [-0.2, 0) is 9.53 Å². The van der Waals surface area contributed by atoms with Gasteiger partial charge in [0.05, 0.1) is 12.2 Å². The van der Waals surface area contributed by atoms with Gasteiger partial charge in [0.15, 0.2) is 0 Å². The normalized spacial score (nSPS) is 30.3. The molecule has 4 heteroatoms. The highest BCUT2D eigenvalue weighted by Crippen LogP contribution is 2.47. The Morgan fingerprint density at radius 2 is 1.75 bits per heavy atom. The van der Waals surface area contributed by atoms with Gasteiger partial charge < -0.3 is 9.84 Å². The fourth-order valence-corrected chi connectivity index (χ4v) is 6.20. The lowest BCUT2D eigenvalue weighted by molar-refractivity contribution is -0.137. The van der Waals surface area contributed by atoms with Gasteiger partial charge in [0.25, 0.3) is 0 Å². The molecular formula is C24H38O3S. The van der Waals surface area contributed by atoms with Crippen LogP contribution in [0.2, 0.25) is 0 Å². The summed E-state index contributed by atoms with van der Waals surface area (Å²) >= 11 is 2.11. The second-order valence-corrected chi connectivity index (χ2v) is 10.00. The summed E-state index contributed by atoms with van der Waals surface area (Å²) in [6.45, 7) is 0. The van der Waals surface area contributed by atoms with E-state index >= 15 is 0 Å². The van der Waals surface area contributed by atoms with Crippen LogP contribution in [0.5, 0.6) is 0 Å². The summed E-state index contributed by atoms with van der Waals surface area (Å²) < 4.78 is 6.23. The standard InChI is InChI=1S/C24H38O3S/c25-24(26)13-4-2-1-3-12-20-21(23-15-14-22(20)27-23)16-18-28-17-8-7-11-19-9-5-6-10-19/h1,3,7,11,19-23H,2,4-6,8-10,12-18H2,(H,25,26)/b3-1-,11-7?/t20-,21+,22-,23+/m1/s1. The first-order chi connectivity index (χ1) is 13.7. The number of carboxylic acids is 1. The zero-order chi connectivity index (χ0) is 19.6. The molecule has 3 aliphatic rings. The van der Waals surface area contributed by atoms with Crippen molar-refractivity contribution in [1.82, 2.24) is 0 Å². The first kappa shape index (κ1) is 22.0. The lowest BCUT2D eigenvalue weighted by atomic mass is 9.76. The molecule has 158 valence electrons. The Hall–Kier alpha value is -0.740. The van der Waals surface area contributed by atoms with Crippen LogP contribution in [0.1, 0.15) is 77.0 Å². The van der Waals surface area contributed by atoms with Crippen molar-refractivity contribution in [3.63, 3.8) is 0 Å². The predicted molar refractivity (Wildman–Crippen MR) is 118 cm³/mol. The van der Waals surface area contributed by atoms with E-state index in [1.54, 1.807) is 0 Å². The fourth-order valence-electron chi connectivity index (χ4n) is 5.25. The third kappa shape index (κ3) is 6.95. The van der Waals surface area contributed by atoms with Crippen LogP contribution in [0.3, 0.4) is 0 Å². The number of ether oxygens (including phenoxy) is 1. The maximum Gasteiger partial charge on any atom is 0.303 e. The van der Waals surface area contributed by atoms with Gasteiger partial charge in [-0.2, -0.15) is 11.8 Å². The number of fused-ring (bicyclic) bond motifs is 2. The lowest BCUT2D eigenvalue weighted by Crippen LogP contribution is -2.27. The summed E-state index contributed by atoms with van der Waals surface area (Å²) in [6.07, 6.45) is 24.0. The van der Waals surface area contributed by atoms with E-state index in [0.29, 0.717) is 18.1 Å². The van der Waals surface area contributed by atoms with E-state index in [1.165, 1.54) is 62.9 Å². The number of aliphatic carboxylic acids is 1. The Morgan fingerprint density at radius 1 is 0.964 bits per heavy atom. The minimum atomic E-state index is -0.693. The molecule has 4 atom stereocenters. The molecule has 1 saturated carbocycles. The van der Waals surface area contributed by atoms with Crippen molar-refractivity contribution < 1.29 is 14.6 Å². The van der Waals surface area contributed by atoms with Crippen LogP contribution < -0.4 is 0 Å². The molecule has 0 aromatic heterocycles. The van der Waals surface area contributed by atoms with Gasteiger partial charge in [-0.25, -0.2) is 0 Å². The molecule has 2 heterocycles. The largest absolute Gasteiger partial charge is 0.481 e. The molecule has 0 aromatic rings. The van der Waals surface area contributed by atoms with Gasteiger partial charge in [-0.3, -0.25) is 4.79 Å². The van der Waals surface area contributed by atoms with Crippen LogP contribution in [0.4, 0.5) is 0 Å². The first-order valence-electron chi connectivity index (χ1n) is 11.5. The smallest absolute Gasteiger partial charge is 0.303 e. The van der Waals surface area contributed by atoms with Gasteiger partial charge in [0.1, 0.15) is 0 Å². The average molecular weight is 407 g/mol. The lowest BCUT2D eigenvalue weighted by Gasteiger charge is -2.27. The molecule has 3 rings (SSSR count). The van der Waals surface area contributed by atoms with E-state index in [0.717, 1.165) is 31.1 Å². The van der Waals surface area contributed by atoms with Gasteiger partial charge in [0.2, 0.25) is 0 Å². The van der Waals surface area contributed by atoms with E-state index in [2.05, 4.69) is 36.1 Å². The van der Waals surface area contributed by atoms with E-state index in [9.17, 15) is 4.79 Å². The van der Waals surface area contributed by atoms with Crippen LogP contribution in [0, 0.1) is 17.8 Å². The molecule has 0 radical (unpaired) electrons. The fraction of sp³-hybridized carbons (Fsp3) is 0.792. The molecule has 1 N–H and O–H groups in total. The summed E-state index contributed by atoms with van der Waals surface area (Å²) in [5.41, 5.74) is 0. The van der Waals surface area contributed by atoms with Crippen LogP contribution >= 0.6 is 11.8 Å². The van der Waals surface area contributed by atoms with Gasteiger partial charge in [-0.1, -0.05) is 37.1 Å². The molecule has 0 aromatic carbocycles. The van der Waals surface area contributed by atoms with Gasteiger partial charge >= 0.3 is 5.97 Å². The van der Waals surface area contributed by atoms with E-state index in [1.807, 2.05) is 0 Å². The third-order valence-corrected chi connectivity index (χ3v) is 7.81. The molecule has 28 heavy (non-hydrogen) atoms. The molecule has 0 unspecified atom stereocenters. The highest BCUT2D eigenvalue weighted by atomic mass is 32.2. The monoisotopic (exact) mass is 406 g/mol. The van der Waals surface area contributed by atoms with Gasteiger partial charge in [-0.15, -0.1) is 0 Å². The molecular weight excluding hydrogens is 368 g/mol. The van der Waals surface area contributed by atoms with E-state index in [-0.39, 0.29) is 6.42 Å². The van der Waals surface area contributed by atoms with Crippen LogP contribution in [0.25, 0.3) is 0 Å². The van der Waals surface area contributed by atoms with E-state index in [4.69, 9.17) is 9.84 Å². The third-order valence-electron chi connectivity index (χ3n) is 6.76. The van der Waals surface area contributed by atoms with Crippen molar-refractivity contribution in [3.8, 4) is 0 Å². The Balaban J connectivity index is 1.29. The Bertz CT molecular complexity index is 524. The summed E-state index contributed by atoms with van der Waals surface area (Å²) in [6, 6.07) is 0. The second-order valence-electron chi connectivity index (χ2n) is 8.77. The zero-order valence-corrected chi connectivity index (χ0v) is 18.1. The quantitative estimate of drug-likeness (QED) is 0.290. The Kier molecular flexibility index (Phi) is 9.46. The topological polar surface area (TPSA) is 46.5 Å². The van der Waals surface area contributed by atoms with Crippen molar-refractivity contribution in [2.45, 2.75) is 89.3 Å². The summed E-state index contributed by atoms with van der Waals surface area (Å²) in [4.78, 5) is 10.6. The van der Waals surface area contributed by atoms with Crippen LogP contribution in [-0.4, -0.2) is 34.8 Å². The highest BCUT2D eigenvalue weighted by molar-refractivity contribution is 7.99. The zero-order valence-electron chi connectivity index (χ0n) is 17.3. The van der Waals surface area contributed by atoms with Crippen molar-refractivity contribution in [3.05, 3.63) is 24.3 Å². The van der Waals surface area contributed by atoms with Gasteiger partial charge in [-0.05, 0) is 87.0 Å². The number of hydrogen-bond acceptors (Lipinski definition) is 3. The molecule has 3 nitrogen and oxygen atoms in total. The molecule has 0 spiro atoms. The summed E-state index contributed by atoms with van der Waals surface area (Å²) in [5, 5.41) is 8.70. The maximum absolute atomic E-state index is 10.6. The van der Waals surface area contributed by atoms with Crippen molar-refractivity contribution >= 4 is 17.7 Å². The Labute approximate surface area is 175 Å². The predicted octanol–water partition coefficient (Wildman–Crippen LogP) is 6.24. The molecule has 0 amide bonds. The molecule has 2 bridgehead atoms. The minimum Gasteiger partial charge on any atom is -0.481 e. The molecule has 3 fully saturated rings. The number of carbonyl (C=O) groups is 1. The minimum absolute atomic E-state index is 0.275. The number of thioether (sulfide) groups is 1. The highest BCUT2D eigenvalue weighted by Gasteiger charge is 2.47. The number of hydrogen-bond donors (Lipinski definition) is 1. The molecule has 2 saturated heterocycles. The van der Waals surface area contributed by atoms with Crippen molar-refractivity contribution in [1.29, 1.82) is 0 Å². The summed E-state index contributed by atoms with van der Waals surface area (Å²) in [7, 11) is 0. The average Bonchev–Trinajstić information content (AvgIpc) is 3.41. The first-order valence-corrected chi connectivity index (χ1v) is 12.7. The van der Waals surface area contributed by atoms with E-state index < -0.39 is 5.97 Å². The number of unbranched alkanes of at least 4 members (excludes halogenated alkanes) is 1. The van der Waals surface area contributed by atoms with Crippen molar-refractivity contribution in [2.24, 2.45) is 17.8 Å². The number of rotatable bonds is 13. The number of carboxylic acid groups (broad SMARTS) is 1. The van der Waals surface area contributed by atoms with Crippen LogP contribution in [0.15, 0.2) is 24.3 Å². The maximum atomic E-state index is 10.6. The molecule has 1 aliphatic carbocycles. The Morgan fingerprint density at radius 3 is 2.54 bits per heavy atom.